The van der Waals surface area contributed by atoms with Crippen molar-refractivity contribution in [2.24, 2.45) is 5.92 Å². The summed E-state index contributed by atoms with van der Waals surface area (Å²) in [4.78, 5) is 0. The van der Waals surface area contributed by atoms with Crippen LogP contribution in [0.3, 0.4) is 0 Å². The van der Waals surface area contributed by atoms with Crippen molar-refractivity contribution in [1.29, 1.82) is 0 Å². The fraction of sp³-hybridized carbons (Fsp3) is 1.00. The van der Waals surface area contributed by atoms with Crippen LogP contribution in [-0.2, 0) is 9.84 Å². The van der Waals surface area contributed by atoms with Gasteiger partial charge in [0.2, 0.25) is 0 Å². The van der Waals surface area contributed by atoms with Crippen molar-refractivity contribution in [3.05, 3.63) is 0 Å². The molecule has 4 heteroatoms. The number of hydrogen-bond donors (Lipinski definition) is 1. The second kappa shape index (κ2) is 8.96. The lowest BCUT2D eigenvalue weighted by atomic mass is 9.96. The summed E-state index contributed by atoms with van der Waals surface area (Å²) in [5.41, 5.74) is 0. The Balaban J connectivity index is 2.24. The van der Waals surface area contributed by atoms with Crippen LogP contribution in [0.4, 0.5) is 0 Å². The summed E-state index contributed by atoms with van der Waals surface area (Å²) in [6.45, 7) is 3.23. The third-order valence-corrected chi connectivity index (χ3v) is 5.18. The standard InChI is InChI=1S/C15H31NO2S/c1-3-12-16-15(9-6-13-19(2,17)18)11-10-14-7-4-5-8-14/h14-16H,3-13H2,1-2H3. The molecule has 1 fully saturated rings. The minimum atomic E-state index is -2.80. The lowest BCUT2D eigenvalue weighted by Gasteiger charge is -2.20. The monoisotopic (exact) mass is 289 g/mol. The van der Waals surface area contributed by atoms with Gasteiger partial charge in [0.15, 0.2) is 0 Å². The Hall–Kier alpha value is -0.0900. The minimum absolute atomic E-state index is 0.334. The highest BCUT2D eigenvalue weighted by molar-refractivity contribution is 7.90. The van der Waals surface area contributed by atoms with E-state index in [1.54, 1.807) is 0 Å². The maximum atomic E-state index is 11.2. The van der Waals surface area contributed by atoms with E-state index in [1.807, 2.05) is 0 Å². The van der Waals surface area contributed by atoms with E-state index in [1.165, 1.54) is 44.8 Å². The van der Waals surface area contributed by atoms with Crippen LogP contribution in [0, 0.1) is 5.92 Å². The average molecular weight is 289 g/mol. The second-order valence-electron chi connectivity index (χ2n) is 6.15. The molecule has 1 aliphatic carbocycles. The summed E-state index contributed by atoms with van der Waals surface area (Å²) in [6.07, 6.45) is 12.4. The molecule has 0 aromatic carbocycles. The summed E-state index contributed by atoms with van der Waals surface area (Å²) in [5.74, 6) is 1.27. The molecule has 1 N–H and O–H groups in total. The smallest absolute Gasteiger partial charge is 0.147 e. The van der Waals surface area contributed by atoms with Crippen LogP contribution in [0.25, 0.3) is 0 Å². The van der Waals surface area contributed by atoms with E-state index < -0.39 is 9.84 Å². The summed E-state index contributed by atoms with van der Waals surface area (Å²) in [6, 6.07) is 0.516. The summed E-state index contributed by atoms with van der Waals surface area (Å²) in [5, 5.41) is 3.58. The number of sulfone groups is 1. The van der Waals surface area contributed by atoms with Crippen molar-refractivity contribution in [1.82, 2.24) is 5.32 Å². The van der Waals surface area contributed by atoms with Gasteiger partial charge >= 0.3 is 0 Å². The Bertz CT molecular complexity index is 321. The van der Waals surface area contributed by atoms with E-state index in [0.29, 0.717) is 11.8 Å². The molecule has 3 nitrogen and oxygen atoms in total. The van der Waals surface area contributed by atoms with E-state index in [9.17, 15) is 8.42 Å². The van der Waals surface area contributed by atoms with E-state index >= 15 is 0 Å². The van der Waals surface area contributed by atoms with Gasteiger partial charge in [0.1, 0.15) is 9.84 Å². The summed E-state index contributed by atoms with van der Waals surface area (Å²) in [7, 11) is -2.80. The largest absolute Gasteiger partial charge is 0.314 e. The van der Waals surface area contributed by atoms with Crippen LogP contribution in [0.5, 0.6) is 0 Å². The van der Waals surface area contributed by atoms with Crippen LogP contribution >= 0.6 is 0 Å². The molecule has 0 spiro atoms. The van der Waals surface area contributed by atoms with Gasteiger partial charge in [-0.2, -0.15) is 0 Å². The quantitative estimate of drug-likeness (QED) is 0.672. The van der Waals surface area contributed by atoms with Gasteiger partial charge in [-0.3, -0.25) is 0 Å². The highest BCUT2D eigenvalue weighted by Gasteiger charge is 2.17. The normalized spacial score (nSPS) is 18.8. The van der Waals surface area contributed by atoms with Crippen molar-refractivity contribution in [2.75, 3.05) is 18.6 Å². The molecule has 1 aliphatic rings. The molecule has 0 heterocycles. The van der Waals surface area contributed by atoms with Gasteiger partial charge in [0.25, 0.3) is 0 Å². The van der Waals surface area contributed by atoms with Crippen LogP contribution in [0.2, 0.25) is 0 Å². The van der Waals surface area contributed by atoms with E-state index in [2.05, 4.69) is 12.2 Å². The molecule has 1 unspecified atom stereocenters. The third-order valence-electron chi connectivity index (χ3n) is 4.15. The summed E-state index contributed by atoms with van der Waals surface area (Å²) < 4.78 is 22.3. The van der Waals surface area contributed by atoms with E-state index in [-0.39, 0.29) is 0 Å². The van der Waals surface area contributed by atoms with Gasteiger partial charge in [-0.15, -0.1) is 0 Å². The van der Waals surface area contributed by atoms with Crippen molar-refractivity contribution in [2.45, 2.75) is 70.8 Å². The molecule has 0 aliphatic heterocycles. The van der Waals surface area contributed by atoms with Gasteiger partial charge in [-0.05, 0) is 44.6 Å². The molecule has 1 atom stereocenters. The molecule has 0 aromatic rings. The first-order valence-corrected chi connectivity index (χ1v) is 9.98. The predicted molar refractivity (Wildman–Crippen MR) is 82.2 cm³/mol. The first-order chi connectivity index (χ1) is 9.01. The van der Waals surface area contributed by atoms with E-state index in [0.717, 1.165) is 31.7 Å². The minimum Gasteiger partial charge on any atom is -0.314 e. The highest BCUT2D eigenvalue weighted by Crippen LogP contribution is 2.29. The molecule has 0 aromatic heterocycles. The maximum absolute atomic E-state index is 11.2. The Kier molecular flexibility index (Phi) is 8.00. The fourth-order valence-electron chi connectivity index (χ4n) is 3.02. The van der Waals surface area contributed by atoms with Crippen molar-refractivity contribution in [3.63, 3.8) is 0 Å². The van der Waals surface area contributed by atoms with Crippen molar-refractivity contribution >= 4 is 9.84 Å². The molecule has 0 radical (unpaired) electrons. The van der Waals surface area contributed by atoms with Gasteiger partial charge in [0, 0.05) is 18.1 Å². The number of hydrogen-bond acceptors (Lipinski definition) is 3. The first kappa shape index (κ1) is 17.0. The maximum Gasteiger partial charge on any atom is 0.147 e. The Morgan fingerprint density at radius 2 is 1.89 bits per heavy atom. The predicted octanol–water partition coefficient (Wildman–Crippen LogP) is 3.15. The van der Waals surface area contributed by atoms with Crippen LogP contribution < -0.4 is 5.32 Å². The molecule has 1 rings (SSSR count). The Labute approximate surface area is 119 Å². The molecule has 114 valence electrons. The third kappa shape index (κ3) is 8.64. The summed E-state index contributed by atoms with van der Waals surface area (Å²) >= 11 is 0. The van der Waals surface area contributed by atoms with Crippen molar-refractivity contribution in [3.8, 4) is 0 Å². The van der Waals surface area contributed by atoms with Gasteiger partial charge in [0.05, 0.1) is 0 Å². The van der Waals surface area contributed by atoms with Gasteiger partial charge in [-0.25, -0.2) is 8.42 Å². The average Bonchev–Trinajstić information content (AvgIpc) is 2.83. The highest BCUT2D eigenvalue weighted by atomic mass is 32.2. The van der Waals surface area contributed by atoms with Crippen LogP contribution in [0.1, 0.15) is 64.7 Å². The molecule has 0 saturated heterocycles. The topological polar surface area (TPSA) is 46.2 Å². The molecule has 1 saturated carbocycles. The fourth-order valence-corrected chi connectivity index (χ4v) is 3.72. The molecular weight excluding hydrogens is 258 g/mol. The van der Waals surface area contributed by atoms with Gasteiger partial charge in [-0.1, -0.05) is 32.6 Å². The lowest BCUT2D eigenvalue weighted by molar-refractivity contribution is 0.387. The number of nitrogens with one attached hydrogen (secondary N) is 1. The van der Waals surface area contributed by atoms with Crippen LogP contribution in [-0.4, -0.2) is 33.0 Å². The Morgan fingerprint density at radius 1 is 1.21 bits per heavy atom. The zero-order chi connectivity index (χ0) is 14.1. The Morgan fingerprint density at radius 3 is 2.47 bits per heavy atom. The lowest BCUT2D eigenvalue weighted by Crippen LogP contribution is -2.30. The van der Waals surface area contributed by atoms with Crippen molar-refractivity contribution < 1.29 is 8.42 Å². The SMILES string of the molecule is CCCNC(CCCS(C)(=O)=O)CCC1CCCC1. The zero-order valence-corrected chi connectivity index (χ0v) is 13.5. The zero-order valence-electron chi connectivity index (χ0n) is 12.7. The molecular formula is C15H31NO2S. The number of rotatable bonds is 10. The molecule has 0 bridgehead atoms. The molecule has 19 heavy (non-hydrogen) atoms. The van der Waals surface area contributed by atoms with Gasteiger partial charge < -0.3 is 5.32 Å². The molecule has 0 amide bonds. The van der Waals surface area contributed by atoms with Crippen LogP contribution in [0.15, 0.2) is 0 Å². The first-order valence-electron chi connectivity index (χ1n) is 7.92. The second-order valence-corrected chi connectivity index (χ2v) is 8.41. The van der Waals surface area contributed by atoms with E-state index in [4.69, 9.17) is 0 Å².